The van der Waals surface area contributed by atoms with Gasteiger partial charge in [-0.05, 0) is 24.5 Å². The molecule has 1 unspecified atom stereocenters. The van der Waals surface area contributed by atoms with Crippen molar-refractivity contribution >= 4 is 16.7 Å². The van der Waals surface area contributed by atoms with Crippen molar-refractivity contribution in [2.24, 2.45) is 0 Å². The van der Waals surface area contributed by atoms with Crippen molar-refractivity contribution in [3.63, 3.8) is 0 Å². The van der Waals surface area contributed by atoms with Crippen LogP contribution in [0.15, 0.2) is 60.7 Å². The van der Waals surface area contributed by atoms with Crippen LogP contribution in [0, 0.1) is 6.92 Å². The van der Waals surface area contributed by atoms with E-state index < -0.39 is 0 Å². The van der Waals surface area contributed by atoms with Gasteiger partial charge in [-0.25, -0.2) is 0 Å². The van der Waals surface area contributed by atoms with Crippen LogP contribution in [0.25, 0.3) is 4.91 Å². The summed E-state index contributed by atoms with van der Waals surface area (Å²) in [4.78, 5) is 1.42. The van der Waals surface area contributed by atoms with E-state index in [2.05, 4.69) is 67.6 Å². The Morgan fingerprint density at radius 3 is 2.61 bits per heavy atom. The molecule has 0 aromatic heterocycles. The summed E-state index contributed by atoms with van der Waals surface area (Å²) in [6.07, 6.45) is 3.51. The molecule has 0 aliphatic carbocycles. The average molecular weight is 252 g/mol. The molecule has 1 atom stereocenters. The molecule has 0 radical (unpaired) electrons. The quantitative estimate of drug-likeness (QED) is 0.706. The molecule has 1 aliphatic heterocycles. The number of thioether (sulfide) groups is 1. The molecular weight excluding hydrogens is 236 g/mol. The highest BCUT2D eigenvalue weighted by atomic mass is 32.2. The maximum Gasteiger partial charge on any atom is 0.0379 e. The Morgan fingerprint density at radius 1 is 1.00 bits per heavy atom. The van der Waals surface area contributed by atoms with E-state index in [0.29, 0.717) is 5.25 Å². The molecule has 0 bridgehead atoms. The van der Waals surface area contributed by atoms with Gasteiger partial charge in [0, 0.05) is 10.2 Å². The minimum atomic E-state index is 0.585. The Bertz CT molecular complexity index is 569. The zero-order valence-electron chi connectivity index (χ0n) is 10.5. The van der Waals surface area contributed by atoms with E-state index in [9.17, 15) is 0 Å². The summed E-state index contributed by atoms with van der Waals surface area (Å²) in [6, 6.07) is 19.6. The lowest BCUT2D eigenvalue weighted by molar-refractivity contribution is 0.991. The maximum atomic E-state index is 2.37. The Morgan fingerprint density at radius 2 is 1.83 bits per heavy atom. The summed E-state index contributed by atoms with van der Waals surface area (Å²) in [6.45, 7) is 2.15. The van der Waals surface area contributed by atoms with Gasteiger partial charge >= 0.3 is 0 Å². The molecule has 2 aromatic rings. The van der Waals surface area contributed by atoms with Crippen LogP contribution in [0.4, 0.5) is 0 Å². The van der Waals surface area contributed by atoms with Crippen LogP contribution in [0.1, 0.15) is 28.4 Å². The number of hydrogen-bond acceptors (Lipinski definition) is 1. The van der Waals surface area contributed by atoms with Crippen LogP contribution in [0.3, 0.4) is 0 Å². The third kappa shape index (κ3) is 2.37. The Labute approximate surface area is 113 Å². The molecule has 1 aliphatic rings. The Kier molecular flexibility index (Phi) is 3.24. The fraction of sp³-hybridized carbons (Fsp3) is 0.176. The normalized spacial score (nSPS) is 18.7. The number of benzene rings is 2. The average Bonchev–Trinajstić information content (AvgIpc) is 2.89. The van der Waals surface area contributed by atoms with Gasteiger partial charge in [0.05, 0.1) is 0 Å². The lowest BCUT2D eigenvalue weighted by atomic mass is 10.1. The monoisotopic (exact) mass is 252 g/mol. The first-order valence-electron chi connectivity index (χ1n) is 6.32. The van der Waals surface area contributed by atoms with E-state index in [-0.39, 0.29) is 0 Å². The van der Waals surface area contributed by atoms with E-state index in [1.165, 1.54) is 21.6 Å². The van der Waals surface area contributed by atoms with E-state index in [1.807, 2.05) is 11.8 Å². The van der Waals surface area contributed by atoms with Gasteiger partial charge in [0.25, 0.3) is 0 Å². The van der Waals surface area contributed by atoms with Crippen LogP contribution >= 0.6 is 11.8 Å². The number of aryl methyl sites for hydroxylation is 1. The van der Waals surface area contributed by atoms with Crippen molar-refractivity contribution in [1.82, 2.24) is 0 Å². The van der Waals surface area contributed by atoms with Gasteiger partial charge in [-0.1, -0.05) is 66.2 Å². The summed E-state index contributed by atoms with van der Waals surface area (Å²) >= 11 is 1.99. The van der Waals surface area contributed by atoms with Gasteiger partial charge < -0.3 is 0 Å². The van der Waals surface area contributed by atoms with Gasteiger partial charge in [-0.3, -0.25) is 0 Å². The predicted octanol–water partition coefficient (Wildman–Crippen LogP) is 5.21. The highest BCUT2D eigenvalue weighted by Crippen LogP contribution is 2.47. The van der Waals surface area contributed by atoms with E-state index >= 15 is 0 Å². The highest BCUT2D eigenvalue weighted by molar-refractivity contribution is 8.08. The molecule has 90 valence electrons. The highest BCUT2D eigenvalue weighted by Gasteiger charge is 2.20. The van der Waals surface area contributed by atoms with Crippen LogP contribution in [-0.4, -0.2) is 0 Å². The third-order valence-electron chi connectivity index (χ3n) is 3.26. The summed E-state index contributed by atoms with van der Waals surface area (Å²) in [5, 5.41) is 0.585. The summed E-state index contributed by atoms with van der Waals surface area (Å²) in [7, 11) is 0. The predicted molar refractivity (Wildman–Crippen MR) is 80.5 cm³/mol. The smallest absolute Gasteiger partial charge is 0.0379 e. The van der Waals surface area contributed by atoms with Crippen molar-refractivity contribution < 1.29 is 0 Å². The van der Waals surface area contributed by atoms with Crippen molar-refractivity contribution in [2.45, 2.75) is 18.6 Å². The molecule has 3 rings (SSSR count). The van der Waals surface area contributed by atoms with Crippen molar-refractivity contribution in [2.75, 3.05) is 0 Å². The maximum absolute atomic E-state index is 2.37. The van der Waals surface area contributed by atoms with Crippen molar-refractivity contribution in [3.05, 3.63) is 77.4 Å². The van der Waals surface area contributed by atoms with Gasteiger partial charge in [-0.15, -0.1) is 11.8 Å². The van der Waals surface area contributed by atoms with E-state index in [0.717, 1.165) is 6.42 Å². The molecule has 0 saturated carbocycles. The largest absolute Gasteiger partial charge is 0.117 e. The summed E-state index contributed by atoms with van der Waals surface area (Å²) < 4.78 is 0. The molecule has 2 aromatic carbocycles. The fourth-order valence-corrected chi connectivity index (χ4v) is 3.57. The minimum Gasteiger partial charge on any atom is -0.117 e. The molecular formula is C17H16S. The van der Waals surface area contributed by atoms with E-state index in [4.69, 9.17) is 0 Å². The number of rotatable bonds is 2. The fourth-order valence-electron chi connectivity index (χ4n) is 2.32. The molecule has 1 heterocycles. The topological polar surface area (TPSA) is 0 Å². The summed E-state index contributed by atoms with van der Waals surface area (Å²) in [5.41, 5.74) is 4.12. The third-order valence-corrected chi connectivity index (χ3v) is 4.67. The molecule has 0 amide bonds. The Balaban J connectivity index is 1.79. The molecule has 18 heavy (non-hydrogen) atoms. The van der Waals surface area contributed by atoms with Crippen molar-refractivity contribution in [3.8, 4) is 0 Å². The zero-order valence-corrected chi connectivity index (χ0v) is 11.3. The van der Waals surface area contributed by atoms with Crippen LogP contribution in [0.5, 0.6) is 0 Å². The standard InChI is InChI=1S/C17H16S/c1-13-6-5-9-15(12-13)17-11-10-16(18-17)14-7-3-2-4-8-14/h2-9,11-12,16H,10H2,1H3. The first kappa shape index (κ1) is 11.6. The molecule has 0 fully saturated rings. The first-order valence-corrected chi connectivity index (χ1v) is 7.20. The number of hydrogen-bond donors (Lipinski definition) is 0. The molecule has 1 heteroatoms. The lowest BCUT2D eigenvalue weighted by Crippen LogP contribution is -1.87. The second kappa shape index (κ2) is 5.03. The molecule has 0 spiro atoms. The van der Waals surface area contributed by atoms with Gasteiger partial charge in [-0.2, -0.15) is 0 Å². The SMILES string of the molecule is Cc1cccc(C2=CCC(c3ccccc3)S2)c1. The molecule has 0 saturated heterocycles. The Hall–Kier alpha value is -1.47. The van der Waals surface area contributed by atoms with Crippen LogP contribution in [-0.2, 0) is 0 Å². The van der Waals surface area contributed by atoms with Crippen molar-refractivity contribution in [1.29, 1.82) is 0 Å². The second-order valence-electron chi connectivity index (χ2n) is 4.69. The number of allylic oxidation sites excluding steroid dienone is 1. The molecule has 0 nitrogen and oxygen atoms in total. The first-order chi connectivity index (χ1) is 8.83. The van der Waals surface area contributed by atoms with Crippen LogP contribution in [0.2, 0.25) is 0 Å². The second-order valence-corrected chi connectivity index (χ2v) is 5.94. The van der Waals surface area contributed by atoms with Gasteiger partial charge in [0.2, 0.25) is 0 Å². The minimum absolute atomic E-state index is 0.585. The van der Waals surface area contributed by atoms with Gasteiger partial charge in [0.15, 0.2) is 0 Å². The van der Waals surface area contributed by atoms with Gasteiger partial charge in [0.1, 0.15) is 0 Å². The summed E-state index contributed by atoms with van der Waals surface area (Å²) in [5.74, 6) is 0. The molecule has 0 N–H and O–H groups in total. The lowest BCUT2D eigenvalue weighted by Gasteiger charge is -2.10. The zero-order chi connectivity index (χ0) is 12.4. The van der Waals surface area contributed by atoms with E-state index in [1.54, 1.807) is 0 Å². The van der Waals surface area contributed by atoms with Crippen LogP contribution < -0.4 is 0 Å².